The van der Waals surface area contributed by atoms with Crippen molar-refractivity contribution in [3.8, 4) is 0 Å². The van der Waals surface area contributed by atoms with Gasteiger partial charge < -0.3 is 44.8 Å². The highest BCUT2D eigenvalue weighted by Gasteiger charge is 2.68. The van der Waals surface area contributed by atoms with Crippen LogP contribution in [0.1, 0.15) is 47.0 Å². The molecule has 30 heavy (non-hydrogen) atoms. The van der Waals surface area contributed by atoms with Crippen LogP contribution in [-0.4, -0.2) is 97.0 Å². The third-order valence-electron chi connectivity index (χ3n) is 8.29. The molecule has 5 fully saturated rings. The van der Waals surface area contributed by atoms with Crippen LogP contribution in [0.4, 0.5) is 0 Å². The van der Waals surface area contributed by atoms with E-state index in [4.69, 9.17) is 14.2 Å². The van der Waals surface area contributed by atoms with Gasteiger partial charge in [0.2, 0.25) is 0 Å². The Hall–Kier alpha value is -0.360. The Morgan fingerprint density at radius 1 is 1.00 bits per heavy atom. The van der Waals surface area contributed by atoms with Crippen LogP contribution in [0.3, 0.4) is 0 Å². The number of rotatable bonds is 3. The first-order valence-corrected chi connectivity index (χ1v) is 10.9. The molecule has 3 heterocycles. The SMILES string of the molecule is C[C@@H]1C[C@@H](O[C@@H]2O[C@H](CO)[C@@H](O)[C@H](O)[C@H]2O)[C@H]2[C@@H]1C[C@]1(O)[C@@H](O)C[C@@]2(C)OC1(C)C. The molecular formula is C21H36O9. The van der Waals surface area contributed by atoms with E-state index >= 15 is 0 Å². The molecule has 9 nitrogen and oxygen atoms in total. The Bertz CT molecular complexity index is 656. The summed E-state index contributed by atoms with van der Waals surface area (Å²) >= 11 is 0. The molecule has 3 saturated heterocycles. The molecule has 0 aromatic carbocycles. The summed E-state index contributed by atoms with van der Waals surface area (Å²) in [7, 11) is 0. The smallest absolute Gasteiger partial charge is 0.186 e. The van der Waals surface area contributed by atoms with E-state index in [2.05, 4.69) is 6.92 Å². The molecule has 0 unspecified atom stereocenters. The third-order valence-corrected chi connectivity index (χ3v) is 8.29. The molecule has 2 aliphatic carbocycles. The molecule has 6 N–H and O–H groups in total. The van der Waals surface area contributed by atoms with Crippen LogP contribution in [0.5, 0.6) is 0 Å². The Balaban J connectivity index is 1.62. The van der Waals surface area contributed by atoms with E-state index in [1.165, 1.54) is 0 Å². The lowest BCUT2D eigenvalue weighted by Crippen LogP contribution is -2.67. The van der Waals surface area contributed by atoms with Gasteiger partial charge in [-0.2, -0.15) is 0 Å². The molecule has 2 saturated carbocycles. The van der Waals surface area contributed by atoms with Crippen molar-refractivity contribution in [1.29, 1.82) is 0 Å². The summed E-state index contributed by atoms with van der Waals surface area (Å²) in [5.41, 5.74) is -3.09. The second-order valence-corrected chi connectivity index (χ2v) is 10.5. The Kier molecular flexibility index (Phi) is 5.57. The summed E-state index contributed by atoms with van der Waals surface area (Å²) in [6.07, 6.45) is -6.77. The van der Waals surface area contributed by atoms with Gasteiger partial charge in [0.05, 0.1) is 30.0 Å². The predicted molar refractivity (Wildman–Crippen MR) is 103 cm³/mol. The second-order valence-electron chi connectivity index (χ2n) is 10.5. The van der Waals surface area contributed by atoms with Crippen LogP contribution in [0.2, 0.25) is 0 Å². The molecule has 12 atom stereocenters. The van der Waals surface area contributed by atoms with Gasteiger partial charge >= 0.3 is 0 Å². The van der Waals surface area contributed by atoms with Crippen molar-refractivity contribution < 1.29 is 44.8 Å². The van der Waals surface area contributed by atoms with Crippen LogP contribution >= 0.6 is 0 Å². The van der Waals surface area contributed by atoms with Gasteiger partial charge in [-0.05, 0) is 45.4 Å². The highest BCUT2D eigenvalue weighted by Crippen LogP contribution is 2.60. The molecule has 5 aliphatic rings. The third kappa shape index (κ3) is 3.17. The minimum absolute atomic E-state index is 0.0220. The minimum Gasteiger partial charge on any atom is -0.394 e. The molecule has 3 aliphatic heterocycles. The second kappa shape index (κ2) is 7.33. The van der Waals surface area contributed by atoms with Crippen molar-refractivity contribution in [2.75, 3.05) is 6.61 Å². The van der Waals surface area contributed by atoms with Crippen molar-refractivity contribution in [2.24, 2.45) is 17.8 Å². The van der Waals surface area contributed by atoms with Gasteiger partial charge in [-0.3, -0.25) is 0 Å². The lowest BCUT2D eigenvalue weighted by Gasteiger charge is -2.54. The van der Waals surface area contributed by atoms with E-state index in [1.807, 2.05) is 6.92 Å². The summed E-state index contributed by atoms with van der Waals surface area (Å²) in [5, 5.41) is 62.2. The predicted octanol–water partition coefficient (Wildman–Crippen LogP) is -1.10. The van der Waals surface area contributed by atoms with Crippen molar-refractivity contribution >= 4 is 0 Å². The number of hydrogen-bond donors (Lipinski definition) is 6. The molecule has 9 heteroatoms. The van der Waals surface area contributed by atoms with Crippen LogP contribution in [0, 0.1) is 17.8 Å². The van der Waals surface area contributed by atoms with Gasteiger partial charge in [0.1, 0.15) is 30.0 Å². The first kappa shape index (κ1) is 22.8. The molecule has 0 aromatic heterocycles. The van der Waals surface area contributed by atoms with E-state index in [1.54, 1.807) is 13.8 Å². The van der Waals surface area contributed by atoms with Crippen LogP contribution < -0.4 is 0 Å². The molecule has 5 rings (SSSR count). The highest BCUT2D eigenvalue weighted by atomic mass is 16.7. The summed E-state index contributed by atoms with van der Waals surface area (Å²) in [5.74, 6) is 0.0117. The van der Waals surface area contributed by atoms with Crippen molar-refractivity contribution in [1.82, 2.24) is 0 Å². The van der Waals surface area contributed by atoms with Crippen LogP contribution in [-0.2, 0) is 14.2 Å². The zero-order valence-electron chi connectivity index (χ0n) is 18.0. The maximum atomic E-state index is 11.4. The van der Waals surface area contributed by atoms with Gasteiger partial charge in [0, 0.05) is 12.3 Å². The molecule has 0 aromatic rings. The summed E-state index contributed by atoms with van der Waals surface area (Å²) in [6, 6.07) is 0. The van der Waals surface area contributed by atoms with Gasteiger partial charge in [-0.1, -0.05) is 6.92 Å². The topological polar surface area (TPSA) is 149 Å². The standard InChI is InChI=1S/C21H36O9/c1-9-5-11(28-18-17(26)16(25)15(24)12(8-22)29-18)14-10(9)6-21(27)13(23)7-20(14,4)30-19(21,2)3/h9-18,22-27H,5-8H2,1-4H3/t9-,10-,11-,12-,13+,14-,15-,16+,17-,18-,20-,21+/m1/s1. The Morgan fingerprint density at radius 3 is 2.27 bits per heavy atom. The number of ether oxygens (including phenoxy) is 3. The monoisotopic (exact) mass is 432 g/mol. The van der Waals surface area contributed by atoms with Crippen molar-refractivity contribution in [3.05, 3.63) is 0 Å². The van der Waals surface area contributed by atoms with Crippen LogP contribution in [0.15, 0.2) is 0 Å². The number of aliphatic hydroxyl groups is 6. The maximum absolute atomic E-state index is 11.4. The average molecular weight is 433 g/mol. The fourth-order valence-corrected chi connectivity index (χ4v) is 6.60. The van der Waals surface area contributed by atoms with Crippen LogP contribution in [0.25, 0.3) is 0 Å². The summed E-state index contributed by atoms with van der Waals surface area (Å²) in [4.78, 5) is 0. The van der Waals surface area contributed by atoms with Gasteiger partial charge in [0.15, 0.2) is 6.29 Å². The highest BCUT2D eigenvalue weighted by molar-refractivity contribution is 5.17. The zero-order chi connectivity index (χ0) is 22.2. The molecule has 0 amide bonds. The normalized spacial score (nSPS) is 57.8. The van der Waals surface area contributed by atoms with Gasteiger partial charge in [-0.25, -0.2) is 0 Å². The van der Waals surface area contributed by atoms with E-state index in [0.717, 1.165) is 0 Å². The molecule has 2 bridgehead atoms. The summed E-state index contributed by atoms with van der Waals surface area (Å²) < 4.78 is 18.2. The lowest BCUT2D eigenvalue weighted by atomic mass is 9.72. The van der Waals surface area contributed by atoms with Crippen molar-refractivity contribution in [2.45, 2.75) is 107 Å². The Morgan fingerprint density at radius 2 is 1.67 bits per heavy atom. The molecular weight excluding hydrogens is 396 g/mol. The van der Waals surface area contributed by atoms with Crippen molar-refractivity contribution in [3.63, 3.8) is 0 Å². The lowest BCUT2D eigenvalue weighted by molar-refractivity contribution is -0.327. The van der Waals surface area contributed by atoms with E-state index in [0.29, 0.717) is 12.8 Å². The first-order valence-electron chi connectivity index (χ1n) is 10.9. The quantitative estimate of drug-likeness (QED) is 0.327. The number of hydrogen-bond acceptors (Lipinski definition) is 9. The average Bonchev–Trinajstić information content (AvgIpc) is 2.87. The zero-order valence-corrected chi connectivity index (χ0v) is 18.0. The van der Waals surface area contributed by atoms with Gasteiger partial charge in [0.25, 0.3) is 0 Å². The minimum atomic E-state index is -1.51. The molecule has 174 valence electrons. The number of fused-ring (bicyclic) bond motifs is 2. The molecule has 0 radical (unpaired) electrons. The fraction of sp³-hybridized carbons (Fsp3) is 1.00. The van der Waals surface area contributed by atoms with E-state index in [-0.39, 0.29) is 24.2 Å². The first-order chi connectivity index (χ1) is 13.8. The number of aliphatic hydroxyl groups excluding tert-OH is 5. The van der Waals surface area contributed by atoms with Gasteiger partial charge in [-0.15, -0.1) is 0 Å². The summed E-state index contributed by atoms with van der Waals surface area (Å²) in [6.45, 7) is 7.08. The molecule has 0 spiro atoms. The fourth-order valence-electron chi connectivity index (χ4n) is 6.60. The van der Waals surface area contributed by atoms with E-state index in [9.17, 15) is 30.6 Å². The largest absolute Gasteiger partial charge is 0.394 e. The Labute approximate surface area is 176 Å². The maximum Gasteiger partial charge on any atom is 0.186 e. The van der Waals surface area contributed by atoms with E-state index < -0.39 is 66.3 Å².